The number of hydrogen-bond acceptors (Lipinski definition) is 2. The molecule has 0 spiro atoms. The molecule has 0 N–H and O–H groups in total. The Kier molecular flexibility index (Phi) is 0.848. The maximum atomic E-state index is 5.08. The van der Waals surface area contributed by atoms with Crippen LogP contribution in [0.15, 0.2) is 0 Å². The van der Waals surface area contributed by atoms with Gasteiger partial charge in [-0.25, -0.2) is 0 Å². The van der Waals surface area contributed by atoms with Crippen molar-refractivity contribution in [2.45, 2.75) is 18.8 Å². The fraction of sp³-hybridized carbons (Fsp3) is 1.00. The van der Waals surface area contributed by atoms with Crippen molar-refractivity contribution in [1.29, 1.82) is 0 Å². The summed E-state index contributed by atoms with van der Waals surface area (Å²) in [5, 5.41) is 0. The highest BCUT2D eigenvalue weighted by molar-refractivity contribution is 8.01. The third-order valence-electron chi connectivity index (χ3n) is 0.813. The molecule has 0 atom stereocenters. The van der Waals surface area contributed by atoms with E-state index in [2.05, 4.69) is 13.8 Å². The second kappa shape index (κ2) is 1.14. The molecule has 36 valence electrons. The van der Waals surface area contributed by atoms with Gasteiger partial charge in [0.05, 0.1) is 5.94 Å². The van der Waals surface area contributed by atoms with Crippen molar-refractivity contribution in [2.24, 2.45) is 0 Å². The summed E-state index contributed by atoms with van der Waals surface area (Å²) in [5.74, 6) is 0.882. The fourth-order valence-corrected chi connectivity index (χ4v) is 0.884. The van der Waals surface area contributed by atoms with Crippen molar-refractivity contribution in [3.05, 3.63) is 0 Å². The van der Waals surface area contributed by atoms with Crippen LogP contribution in [0.25, 0.3) is 0 Å². The van der Waals surface area contributed by atoms with E-state index >= 15 is 0 Å². The normalized spacial score (nSPS) is 29.0. The van der Waals surface area contributed by atoms with E-state index in [1.807, 2.05) is 11.8 Å². The molecule has 6 heavy (non-hydrogen) atoms. The zero-order chi connectivity index (χ0) is 4.62. The molecule has 1 rings (SSSR count). The van der Waals surface area contributed by atoms with Gasteiger partial charge < -0.3 is 4.74 Å². The molecule has 0 amide bonds. The number of thioether (sulfide) groups is 1. The van der Waals surface area contributed by atoms with Crippen molar-refractivity contribution >= 4 is 11.8 Å². The van der Waals surface area contributed by atoms with Crippen LogP contribution in [0.2, 0.25) is 0 Å². The average Bonchev–Trinajstić information content (AvgIpc) is 1.32. The van der Waals surface area contributed by atoms with Crippen LogP contribution < -0.4 is 0 Å². The Morgan fingerprint density at radius 3 is 2.00 bits per heavy atom. The van der Waals surface area contributed by atoms with Crippen molar-refractivity contribution in [3.63, 3.8) is 0 Å². The van der Waals surface area contributed by atoms with Gasteiger partial charge in [0.25, 0.3) is 0 Å². The molecule has 1 heterocycles. The lowest BCUT2D eigenvalue weighted by molar-refractivity contribution is 0.0541. The number of rotatable bonds is 0. The molecule has 0 unspecified atom stereocenters. The minimum absolute atomic E-state index is 0.139. The molecular weight excluding hydrogens is 96.1 g/mol. The molecule has 1 aliphatic rings. The summed E-state index contributed by atoms with van der Waals surface area (Å²) >= 11 is 1.84. The molecule has 0 bridgehead atoms. The summed E-state index contributed by atoms with van der Waals surface area (Å²) in [4.78, 5) is 0.139. The zero-order valence-corrected chi connectivity index (χ0v) is 4.84. The molecule has 1 fully saturated rings. The smallest absolute Gasteiger partial charge is 0.111 e. The van der Waals surface area contributed by atoms with Gasteiger partial charge in [0, 0.05) is 0 Å². The monoisotopic (exact) mass is 104 g/mol. The molecule has 0 aromatic heterocycles. The Balaban J connectivity index is 2.31. The van der Waals surface area contributed by atoms with Crippen molar-refractivity contribution < 1.29 is 4.74 Å². The first-order valence-corrected chi connectivity index (χ1v) is 2.97. The molecule has 0 aromatic rings. The maximum Gasteiger partial charge on any atom is 0.111 e. The molecular formula is C4H8OS. The first-order chi connectivity index (χ1) is 2.71. The molecule has 1 nitrogen and oxygen atoms in total. The maximum absolute atomic E-state index is 5.08. The summed E-state index contributed by atoms with van der Waals surface area (Å²) in [5.41, 5.74) is 0. The molecule has 1 aliphatic heterocycles. The highest BCUT2D eigenvalue weighted by Crippen LogP contribution is 2.35. The lowest BCUT2D eigenvalue weighted by atomic mass is 10.5. The third kappa shape index (κ3) is 0.684. The lowest BCUT2D eigenvalue weighted by Crippen LogP contribution is -2.29. The van der Waals surface area contributed by atoms with Gasteiger partial charge >= 0.3 is 0 Å². The van der Waals surface area contributed by atoms with E-state index in [9.17, 15) is 0 Å². The first kappa shape index (κ1) is 4.47. The van der Waals surface area contributed by atoms with E-state index in [4.69, 9.17) is 4.74 Å². The molecule has 1 saturated heterocycles. The van der Waals surface area contributed by atoms with Gasteiger partial charge in [-0.1, -0.05) is 11.8 Å². The van der Waals surface area contributed by atoms with Crippen LogP contribution in [0.5, 0.6) is 0 Å². The van der Waals surface area contributed by atoms with Gasteiger partial charge in [-0.2, -0.15) is 0 Å². The quantitative estimate of drug-likeness (QED) is 0.460. The molecule has 0 saturated carbocycles. The minimum atomic E-state index is 0.139. The summed E-state index contributed by atoms with van der Waals surface area (Å²) in [6.07, 6.45) is 0. The van der Waals surface area contributed by atoms with Crippen LogP contribution >= 0.6 is 11.8 Å². The van der Waals surface area contributed by atoms with E-state index in [1.54, 1.807) is 0 Å². The van der Waals surface area contributed by atoms with Crippen LogP contribution in [0.1, 0.15) is 13.8 Å². The minimum Gasteiger partial charge on any atom is -0.354 e. The van der Waals surface area contributed by atoms with Gasteiger partial charge in [0.15, 0.2) is 0 Å². The molecule has 2 heteroatoms. The zero-order valence-electron chi connectivity index (χ0n) is 4.02. The van der Waals surface area contributed by atoms with Crippen molar-refractivity contribution in [3.8, 4) is 0 Å². The Morgan fingerprint density at radius 1 is 1.67 bits per heavy atom. The Labute approximate surface area is 42.1 Å². The second-order valence-corrected chi connectivity index (χ2v) is 3.31. The Bertz CT molecular complexity index is 54.6. The highest BCUT2D eigenvalue weighted by Gasteiger charge is 2.27. The SMILES string of the molecule is CC1(C)OCS1. The summed E-state index contributed by atoms with van der Waals surface area (Å²) in [6.45, 7) is 4.14. The largest absolute Gasteiger partial charge is 0.354 e. The van der Waals surface area contributed by atoms with E-state index < -0.39 is 0 Å². The topological polar surface area (TPSA) is 9.23 Å². The predicted molar refractivity (Wildman–Crippen MR) is 27.6 cm³/mol. The summed E-state index contributed by atoms with van der Waals surface area (Å²) in [7, 11) is 0. The van der Waals surface area contributed by atoms with E-state index in [-0.39, 0.29) is 4.93 Å². The van der Waals surface area contributed by atoms with E-state index in [0.717, 1.165) is 5.94 Å². The van der Waals surface area contributed by atoms with Crippen molar-refractivity contribution in [1.82, 2.24) is 0 Å². The van der Waals surface area contributed by atoms with Crippen LogP contribution in [0.4, 0.5) is 0 Å². The average molecular weight is 104 g/mol. The predicted octanol–water partition coefficient (Wildman–Crippen LogP) is 1.44. The summed E-state index contributed by atoms with van der Waals surface area (Å²) < 4.78 is 5.08. The molecule has 0 aliphatic carbocycles. The van der Waals surface area contributed by atoms with Crippen LogP contribution in [0.3, 0.4) is 0 Å². The number of ether oxygens (including phenoxy) is 1. The van der Waals surface area contributed by atoms with E-state index in [1.165, 1.54) is 0 Å². The van der Waals surface area contributed by atoms with Gasteiger partial charge in [-0.3, -0.25) is 0 Å². The second-order valence-electron chi connectivity index (χ2n) is 1.81. The molecule has 0 radical (unpaired) electrons. The third-order valence-corrected chi connectivity index (χ3v) is 1.86. The number of hydrogen-bond donors (Lipinski definition) is 0. The van der Waals surface area contributed by atoms with E-state index in [0.29, 0.717) is 0 Å². The Morgan fingerprint density at radius 2 is 2.00 bits per heavy atom. The van der Waals surface area contributed by atoms with Gasteiger partial charge in [-0.05, 0) is 13.8 Å². The Hall–Kier alpha value is 0.310. The molecule has 0 aromatic carbocycles. The van der Waals surface area contributed by atoms with Gasteiger partial charge in [0.2, 0.25) is 0 Å². The van der Waals surface area contributed by atoms with Crippen LogP contribution in [0, 0.1) is 0 Å². The standard InChI is InChI=1S/C4H8OS/c1-4(2)5-3-6-4/h3H2,1-2H3. The summed E-state index contributed by atoms with van der Waals surface area (Å²) in [6, 6.07) is 0. The highest BCUT2D eigenvalue weighted by atomic mass is 32.2. The van der Waals surface area contributed by atoms with Gasteiger partial charge in [0.1, 0.15) is 4.93 Å². The van der Waals surface area contributed by atoms with Gasteiger partial charge in [-0.15, -0.1) is 0 Å². The lowest BCUT2D eigenvalue weighted by Gasteiger charge is -2.33. The fourth-order valence-electron chi connectivity index (χ4n) is 0.295. The van der Waals surface area contributed by atoms with Crippen LogP contribution in [-0.4, -0.2) is 10.9 Å². The first-order valence-electron chi connectivity index (χ1n) is 1.99. The van der Waals surface area contributed by atoms with Crippen LogP contribution in [-0.2, 0) is 4.74 Å². The van der Waals surface area contributed by atoms with Crippen molar-refractivity contribution in [2.75, 3.05) is 5.94 Å².